The smallest absolute Gasteiger partial charge is 0.311 e. The number of carbonyl (C=O) groups is 3. The van der Waals surface area contributed by atoms with Crippen LogP contribution >= 0.6 is 0 Å². The molecule has 5 aliphatic carbocycles. The van der Waals surface area contributed by atoms with Gasteiger partial charge in [0.2, 0.25) is 0 Å². The zero-order valence-electron chi connectivity index (χ0n) is 25.7. The first-order valence-electron chi connectivity index (χ1n) is 15.4. The fourth-order valence-electron chi connectivity index (χ4n) is 12.1. The van der Waals surface area contributed by atoms with E-state index in [4.69, 9.17) is 14.2 Å². The Morgan fingerprint density at radius 3 is 2.18 bits per heavy atom. The summed E-state index contributed by atoms with van der Waals surface area (Å²) in [5.74, 6) is 0.342. The standard InChI is InChI=1S/C33H50O6/c1-19(34)38-22-11-12-30(6)20(27(22,2)3)10-13-31(7)24(30)23(35)25-33(39-25)21-18-29(5,26(36)37-9)15-14-28(21,4)16-17-32(31,33)8/h20-22,24-25H,10-18H2,1-9H3. The zero-order chi connectivity index (χ0) is 28.6. The van der Waals surface area contributed by atoms with Gasteiger partial charge in [0.25, 0.3) is 0 Å². The van der Waals surface area contributed by atoms with E-state index >= 15 is 0 Å². The third-order valence-corrected chi connectivity index (χ3v) is 14.5. The molecule has 5 saturated carbocycles. The van der Waals surface area contributed by atoms with E-state index in [0.29, 0.717) is 11.7 Å². The number of hydrogen-bond acceptors (Lipinski definition) is 6. The predicted molar refractivity (Wildman–Crippen MR) is 147 cm³/mol. The molecule has 0 N–H and O–H groups in total. The van der Waals surface area contributed by atoms with Gasteiger partial charge in [0, 0.05) is 23.7 Å². The number of ketones is 1. The van der Waals surface area contributed by atoms with Crippen molar-refractivity contribution in [2.75, 3.05) is 7.11 Å². The number of esters is 2. The second-order valence-corrected chi connectivity index (χ2v) is 16.4. The van der Waals surface area contributed by atoms with Gasteiger partial charge < -0.3 is 14.2 Å². The third kappa shape index (κ3) is 3.11. The largest absolute Gasteiger partial charge is 0.469 e. The molecule has 11 unspecified atom stereocenters. The van der Waals surface area contributed by atoms with Crippen molar-refractivity contribution in [3.63, 3.8) is 0 Å². The normalized spacial score (nSPS) is 55.1. The molecule has 0 aromatic rings. The van der Waals surface area contributed by atoms with Gasteiger partial charge in [-0.3, -0.25) is 14.4 Å². The SMILES string of the molecule is COC(=O)C1(C)CCC2(C)CCC3(C)C4(C)CCC5C(C)(C)C(OC(C)=O)CCC5(C)C4C(=O)C4OC43C2C1. The van der Waals surface area contributed by atoms with E-state index in [1.165, 1.54) is 14.0 Å². The fraction of sp³-hybridized carbons (Fsp3) is 0.909. The van der Waals surface area contributed by atoms with Gasteiger partial charge in [0.05, 0.1) is 12.5 Å². The summed E-state index contributed by atoms with van der Waals surface area (Å²) in [5.41, 5.74) is -1.66. The molecular formula is C33H50O6. The van der Waals surface area contributed by atoms with E-state index < -0.39 is 11.0 Å². The first-order valence-corrected chi connectivity index (χ1v) is 15.4. The minimum atomic E-state index is -0.536. The Labute approximate surface area is 234 Å². The van der Waals surface area contributed by atoms with E-state index in [1.807, 2.05) is 0 Å². The highest BCUT2D eigenvalue weighted by molar-refractivity contribution is 5.93. The lowest BCUT2D eigenvalue weighted by atomic mass is 9.31. The Hall–Kier alpha value is -1.43. The van der Waals surface area contributed by atoms with Gasteiger partial charge in [-0.1, -0.05) is 41.5 Å². The Kier molecular flexibility index (Phi) is 5.61. The molecule has 218 valence electrons. The average Bonchev–Trinajstić information content (AvgIpc) is 3.61. The summed E-state index contributed by atoms with van der Waals surface area (Å²) >= 11 is 0. The lowest BCUT2D eigenvalue weighted by molar-refractivity contribution is -0.239. The molecule has 0 radical (unpaired) electrons. The fourth-order valence-corrected chi connectivity index (χ4v) is 12.1. The molecule has 6 nitrogen and oxygen atoms in total. The van der Waals surface area contributed by atoms with E-state index in [2.05, 4.69) is 48.5 Å². The molecule has 1 spiro atoms. The first-order chi connectivity index (χ1) is 18.0. The molecule has 6 fully saturated rings. The van der Waals surface area contributed by atoms with Crippen LogP contribution < -0.4 is 0 Å². The maximum absolute atomic E-state index is 14.8. The number of epoxide rings is 1. The summed E-state index contributed by atoms with van der Waals surface area (Å²) in [6.45, 7) is 17.7. The van der Waals surface area contributed by atoms with Crippen molar-refractivity contribution in [2.45, 2.75) is 131 Å². The third-order valence-electron chi connectivity index (χ3n) is 14.5. The van der Waals surface area contributed by atoms with Gasteiger partial charge in [0.1, 0.15) is 17.8 Å². The summed E-state index contributed by atoms with van der Waals surface area (Å²) in [6.07, 6.45) is 7.90. The molecule has 0 aromatic carbocycles. The Morgan fingerprint density at radius 1 is 0.872 bits per heavy atom. The van der Waals surface area contributed by atoms with Crippen LogP contribution in [-0.2, 0) is 28.6 Å². The van der Waals surface area contributed by atoms with E-state index in [1.54, 1.807) is 0 Å². The van der Waals surface area contributed by atoms with E-state index in [-0.39, 0.29) is 63.1 Å². The summed E-state index contributed by atoms with van der Waals surface area (Å²) in [5, 5.41) is 0. The van der Waals surface area contributed by atoms with Gasteiger partial charge in [-0.15, -0.1) is 0 Å². The summed E-state index contributed by atoms with van der Waals surface area (Å²) in [4.78, 5) is 39.7. The van der Waals surface area contributed by atoms with Crippen molar-refractivity contribution in [3.8, 4) is 0 Å². The van der Waals surface area contributed by atoms with Crippen LogP contribution in [0.15, 0.2) is 0 Å². The average molecular weight is 543 g/mol. The number of Topliss-reactive ketones (excluding diaryl/α,β-unsaturated/α-hetero) is 1. The van der Waals surface area contributed by atoms with Crippen LogP contribution in [0.1, 0.15) is 113 Å². The molecule has 39 heavy (non-hydrogen) atoms. The van der Waals surface area contributed by atoms with Crippen molar-refractivity contribution < 1.29 is 28.6 Å². The second kappa shape index (κ2) is 7.89. The maximum Gasteiger partial charge on any atom is 0.311 e. The Balaban J connectivity index is 1.41. The highest BCUT2D eigenvalue weighted by Crippen LogP contribution is 2.82. The summed E-state index contributed by atoms with van der Waals surface area (Å²) in [6, 6.07) is 0. The van der Waals surface area contributed by atoms with Crippen LogP contribution in [0.2, 0.25) is 0 Å². The first kappa shape index (κ1) is 27.7. The lowest BCUT2D eigenvalue weighted by Crippen LogP contribution is -2.73. The molecule has 6 heteroatoms. The van der Waals surface area contributed by atoms with Gasteiger partial charge in [0.15, 0.2) is 5.78 Å². The van der Waals surface area contributed by atoms with Crippen LogP contribution in [0.3, 0.4) is 0 Å². The van der Waals surface area contributed by atoms with Gasteiger partial charge in [-0.2, -0.15) is 0 Å². The van der Waals surface area contributed by atoms with Crippen molar-refractivity contribution in [3.05, 3.63) is 0 Å². The zero-order valence-corrected chi connectivity index (χ0v) is 25.7. The lowest BCUT2D eigenvalue weighted by Gasteiger charge is -2.71. The molecule has 0 bridgehead atoms. The topological polar surface area (TPSA) is 82.2 Å². The van der Waals surface area contributed by atoms with Crippen LogP contribution in [0.5, 0.6) is 0 Å². The van der Waals surface area contributed by atoms with Crippen LogP contribution in [0.4, 0.5) is 0 Å². The number of hydrogen-bond donors (Lipinski definition) is 0. The molecule has 11 atom stereocenters. The molecule has 0 amide bonds. The number of methoxy groups -OCH3 is 1. The summed E-state index contributed by atoms with van der Waals surface area (Å²) < 4.78 is 18.0. The van der Waals surface area contributed by atoms with E-state index in [9.17, 15) is 14.4 Å². The molecule has 1 saturated heterocycles. The molecule has 1 heterocycles. The monoisotopic (exact) mass is 542 g/mol. The second-order valence-electron chi connectivity index (χ2n) is 16.4. The number of carbonyl (C=O) groups excluding carboxylic acids is 3. The Bertz CT molecular complexity index is 1130. The van der Waals surface area contributed by atoms with E-state index in [0.717, 1.165) is 57.8 Å². The van der Waals surface area contributed by atoms with Crippen LogP contribution in [0.25, 0.3) is 0 Å². The molecule has 6 aliphatic rings. The van der Waals surface area contributed by atoms with Gasteiger partial charge in [-0.25, -0.2) is 0 Å². The number of ether oxygens (including phenoxy) is 3. The van der Waals surface area contributed by atoms with Gasteiger partial charge >= 0.3 is 11.9 Å². The highest BCUT2D eigenvalue weighted by Gasteiger charge is 2.87. The minimum Gasteiger partial charge on any atom is -0.469 e. The quantitative estimate of drug-likeness (QED) is 0.302. The molecule has 1 aliphatic heterocycles. The number of rotatable bonds is 2. The molecular weight excluding hydrogens is 492 g/mol. The van der Waals surface area contributed by atoms with Crippen LogP contribution in [0, 0.1) is 50.2 Å². The summed E-state index contributed by atoms with van der Waals surface area (Å²) in [7, 11) is 1.49. The Morgan fingerprint density at radius 2 is 1.54 bits per heavy atom. The van der Waals surface area contributed by atoms with Crippen molar-refractivity contribution in [2.24, 2.45) is 50.2 Å². The molecule has 0 aromatic heterocycles. The maximum atomic E-state index is 14.8. The highest BCUT2D eigenvalue weighted by atomic mass is 16.6. The van der Waals surface area contributed by atoms with Crippen LogP contribution in [-0.4, -0.2) is 42.6 Å². The van der Waals surface area contributed by atoms with Crippen molar-refractivity contribution >= 4 is 17.7 Å². The molecule has 6 rings (SSSR count). The minimum absolute atomic E-state index is 0.0659. The van der Waals surface area contributed by atoms with Gasteiger partial charge in [-0.05, 0) is 92.8 Å². The number of fused-ring (bicyclic) bond motifs is 5. The van der Waals surface area contributed by atoms with Crippen molar-refractivity contribution in [1.29, 1.82) is 0 Å². The van der Waals surface area contributed by atoms with Crippen molar-refractivity contribution in [1.82, 2.24) is 0 Å². The predicted octanol–water partition coefficient (Wildman–Crippen LogP) is 6.28.